The smallest absolute Gasteiger partial charge is 0.338 e. The Labute approximate surface area is 274 Å². The van der Waals surface area contributed by atoms with Gasteiger partial charge in [0.05, 0.1) is 5.70 Å². The average Bonchev–Trinajstić information content (AvgIpc) is 3.09. The molecule has 0 saturated carbocycles. The molecule has 0 amide bonds. The number of carbonyl (C=O) groups excluding carboxylic acids is 2. The highest BCUT2D eigenvalue weighted by Crippen LogP contribution is 2.46. The number of esters is 2. The molecular formula is C42H33NO4. The lowest BCUT2D eigenvalue weighted by Crippen LogP contribution is -2.19. The first-order valence-corrected chi connectivity index (χ1v) is 15.6. The minimum atomic E-state index is -0.451. The van der Waals surface area contributed by atoms with Crippen LogP contribution < -0.4 is 14.4 Å². The first-order valence-electron chi connectivity index (χ1n) is 15.6. The maximum absolute atomic E-state index is 12.2. The molecule has 0 heterocycles. The zero-order valence-electron chi connectivity index (χ0n) is 26.4. The van der Waals surface area contributed by atoms with Crippen molar-refractivity contribution in [1.29, 1.82) is 0 Å². The Bertz CT molecular complexity index is 2150. The molecule has 5 nitrogen and oxygen atoms in total. The van der Waals surface area contributed by atoms with E-state index in [1.54, 1.807) is 26.0 Å². The van der Waals surface area contributed by atoms with Crippen molar-refractivity contribution in [2.45, 2.75) is 26.7 Å². The topological polar surface area (TPSA) is 55.8 Å². The fourth-order valence-corrected chi connectivity index (χ4v) is 6.22. The van der Waals surface area contributed by atoms with E-state index < -0.39 is 11.9 Å². The molecule has 2 aliphatic carbocycles. The van der Waals surface area contributed by atoms with Crippen molar-refractivity contribution in [2.75, 3.05) is 4.90 Å². The molecule has 47 heavy (non-hydrogen) atoms. The van der Waals surface area contributed by atoms with E-state index in [9.17, 15) is 9.59 Å². The zero-order chi connectivity index (χ0) is 32.7. The molecule has 2 aliphatic rings. The predicted molar refractivity (Wildman–Crippen MR) is 190 cm³/mol. The third-order valence-electron chi connectivity index (χ3n) is 8.58. The van der Waals surface area contributed by atoms with Crippen molar-refractivity contribution in [1.82, 2.24) is 0 Å². The van der Waals surface area contributed by atoms with Gasteiger partial charge in [-0.25, -0.2) is 9.59 Å². The van der Waals surface area contributed by atoms with Gasteiger partial charge in [0.1, 0.15) is 11.5 Å². The standard InChI is InChI=1S/C42H33NO4/c1-26(2)41(44)46-35-20-12-29(13-21-35)28-10-16-33(17-11-28)43(34-18-22-36(23-19-34)47-42(45)27(3)4)38-25-15-32-9-8-30-6-5-7-31-14-24-37(38)40(32)39(30)31/h5-7,9-14,16-25H,1,3,8,15H2,2,4H3. The quantitative estimate of drug-likeness (QED) is 0.0988. The number of ether oxygens (including phenoxy) is 2. The van der Waals surface area contributed by atoms with Gasteiger partial charge < -0.3 is 14.4 Å². The molecule has 0 spiro atoms. The largest absolute Gasteiger partial charge is 0.423 e. The second-order valence-corrected chi connectivity index (χ2v) is 12.0. The van der Waals surface area contributed by atoms with Crippen LogP contribution >= 0.6 is 0 Å². The molecule has 5 heteroatoms. The molecule has 0 bridgehead atoms. The van der Waals surface area contributed by atoms with Crippen LogP contribution in [0.15, 0.2) is 140 Å². The highest BCUT2D eigenvalue weighted by Gasteiger charge is 2.27. The summed E-state index contributed by atoms with van der Waals surface area (Å²) < 4.78 is 10.9. The van der Waals surface area contributed by atoms with Crippen molar-refractivity contribution in [3.63, 3.8) is 0 Å². The Balaban J connectivity index is 1.28. The normalized spacial score (nSPS) is 12.9. The van der Waals surface area contributed by atoms with Gasteiger partial charge in [0.25, 0.3) is 0 Å². The fraction of sp³-hybridized carbons (Fsp3) is 0.0952. The van der Waals surface area contributed by atoms with Crippen LogP contribution in [0.25, 0.3) is 33.2 Å². The van der Waals surface area contributed by atoms with Gasteiger partial charge in [-0.05, 0) is 114 Å². The summed E-state index contributed by atoms with van der Waals surface area (Å²) in [7, 11) is 0. The predicted octanol–water partition coefficient (Wildman–Crippen LogP) is 9.99. The van der Waals surface area contributed by atoms with Crippen LogP contribution in [0.3, 0.4) is 0 Å². The lowest BCUT2D eigenvalue weighted by atomic mass is 9.80. The van der Waals surface area contributed by atoms with Crippen molar-refractivity contribution >= 4 is 45.4 Å². The molecule has 0 aromatic heterocycles. The van der Waals surface area contributed by atoms with Gasteiger partial charge in [-0.1, -0.05) is 79.9 Å². The van der Waals surface area contributed by atoms with Gasteiger partial charge in [-0.15, -0.1) is 0 Å². The van der Waals surface area contributed by atoms with E-state index >= 15 is 0 Å². The minimum Gasteiger partial charge on any atom is -0.423 e. The van der Waals surface area contributed by atoms with E-state index in [0.29, 0.717) is 22.6 Å². The van der Waals surface area contributed by atoms with Crippen molar-refractivity contribution in [3.8, 4) is 22.6 Å². The first-order chi connectivity index (χ1) is 22.8. The lowest BCUT2D eigenvalue weighted by Gasteiger charge is -2.34. The Morgan fingerprint density at radius 2 is 1.19 bits per heavy atom. The number of allylic oxidation sites excluding steroid dienone is 3. The second kappa shape index (κ2) is 12.1. The number of anilines is 2. The van der Waals surface area contributed by atoms with E-state index in [0.717, 1.165) is 41.0 Å². The monoisotopic (exact) mass is 615 g/mol. The van der Waals surface area contributed by atoms with Crippen LogP contribution in [-0.2, 0) is 16.0 Å². The Hall–Kier alpha value is -5.94. The molecule has 0 fully saturated rings. The van der Waals surface area contributed by atoms with Crippen LogP contribution in [0.2, 0.25) is 0 Å². The van der Waals surface area contributed by atoms with Crippen LogP contribution in [0.4, 0.5) is 11.4 Å². The Kier molecular flexibility index (Phi) is 7.66. The van der Waals surface area contributed by atoms with E-state index in [4.69, 9.17) is 9.47 Å². The molecule has 230 valence electrons. The van der Waals surface area contributed by atoms with Crippen LogP contribution in [0.5, 0.6) is 11.5 Å². The number of carbonyl (C=O) groups is 2. The third kappa shape index (κ3) is 5.68. The Morgan fingerprint density at radius 1 is 0.638 bits per heavy atom. The summed E-state index contributed by atoms with van der Waals surface area (Å²) in [4.78, 5) is 26.4. The number of hydrogen-bond donors (Lipinski definition) is 0. The summed E-state index contributed by atoms with van der Waals surface area (Å²) >= 11 is 0. The molecule has 0 unspecified atom stereocenters. The average molecular weight is 616 g/mol. The van der Waals surface area contributed by atoms with Gasteiger partial charge in [0, 0.05) is 28.1 Å². The SMILES string of the molecule is C=C(C)C(=O)Oc1ccc(-c2ccc(N(C3=CCC4=CCc5cccc6ccc3c4c56)c3ccc(OC(=O)C(=C)C)cc3)cc2)cc1. The summed E-state index contributed by atoms with van der Waals surface area (Å²) in [5.74, 6) is 0.0398. The van der Waals surface area contributed by atoms with Crippen LogP contribution in [-0.4, -0.2) is 11.9 Å². The summed E-state index contributed by atoms with van der Waals surface area (Å²) in [5.41, 5.74) is 11.0. The van der Waals surface area contributed by atoms with Crippen molar-refractivity contribution in [2.24, 2.45) is 0 Å². The summed E-state index contributed by atoms with van der Waals surface area (Å²) in [6.45, 7) is 10.6. The van der Waals surface area contributed by atoms with Crippen molar-refractivity contribution in [3.05, 3.63) is 156 Å². The summed E-state index contributed by atoms with van der Waals surface area (Å²) in [5, 5.41) is 2.59. The molecule has 5 aromatic carbocycles. The molecule has 5 aromatic rings. The molecule has 0 radical (unpaired) electrons. The molecule has 0 saturated heterocycles. The molecule has 7 rings (SSSR count). The van der Waals surface area contributed by atoms with E-state index in [1.807, 2.05) is 36.4 Å². The molecule has 0 aliphatic heterocycles. The maximum atomic E-state index is 12.2. The molecule has 0 N–H and O–H groups in total. The highest BCUT2D eigenvalue weighted by atomic mass is 16.5. The van der Waals surface area contributed by atoms with Gasteiger partial charge in [0.15, 0.2) is 0 Å². The van der Waals surface area contributed by atoms with E-state index in [2.05, 4.69) is 84.8 Å². The fourth-order valence-electron chi connectivity index (χ4n) is 6.22. The summed E-state index contributed by atoms with van der Waals surface area (Å²) in [6.07, 6.45) is 6.45. The van der Waals surface area contributed by atoms with Crippen LogP contribution in [0.1, 0.15) is 37.0 Å². The maximum Gasteiger partial charge on any atom is 0.338 e. The van der Waals surface area contributed by atoms with E-state index in [-0.39, 0.29) is 0 Å². The van der Waals surface area contributed by atoms with Gasteiger partial charge in [-0.2, -0.15) is 0 Å². The van der Waals surface area contributed by atoms with Gasteiger partial charge in [0.2, 0.25) is 0 Å². The third-order valence-corrected chi connectivity index (χ3v) is 8.58. The minimum absolute atomic E-state index is 0.346. The van der Waals surface area contributed by atoms with Crippen LogP contribution in [0, 0.1) is 0 Å². The lowest BCUT2D eigenvalue weighted by molar-refractivity contribution is -0.130. The second-order valence-electron chi connectivity index (χ2n) is 12.0. The van der Waals surface area contributed by atoms with Gasteiger partial charge >= 0.3 is 11.9 Å². The first kappa shape index (κ1) is 29.8. The zero-order valence-corrected chi connectivity index (χ0v) is 26.4. The highest BCUT2D eigenvalue weighted by molar-refractivity contribution is 6.06. The molecular weight excluding hydrogens is 582 g/mol. The molecule has 0 atom stereocenters. The van der Waals surface area contributed by atoms with Crippen molar-refractivity contribution < 1.29 is 19.1 Å². The summed E-state index contributed by atoms with van der Waals surface area (Å²) in [6, 6.07) is 34.5. The van der Waals surface area contributed by atoms with E-state index in [1.165, 1.54) is 33.0 Å². The number of nitrogens with zero attached hydrogens (tertiary/aromatic N) is 1. The number of benzene rings is 5. The van der Waals surface area contributed by atoms with Gasteiger partial charge in [-0.3, -0.25) is 0 Å². The Morgan fingerprint density at radius 3 is 1.79 bits per heavy atom. The number of rotatable bonds is 8. The number of hydrogen-bond acceptors (Lipinski definition) is 5.